The summed E-state index contributed by atoms with van der Waals surface area (Å²) in [5.74, 6) is 0.675. The van der Waals surface area contributed by atoms with Crippen LogP contribution in [0.1, 0.15) is 11.7 Å². The van der Waals surface area contributed by atoms with Gasteiger partial charge in [-0.2, -0.15) is 0 Å². The van der Waals surface area contributed by atoms with E-state index in [1.807, 2.05) is 24.5 Å². The number of aliphatic hydroxyl groups is 1. The molecule has 1 aromatic carbocycles. The molecule has 5 nitrogen and oxygen atoms in total. The average Bonchev–Trinajstić information content (AvgIpc) is 2.96. The van der Waals surface area contributed by atoms with Crippen molar-refractivity contribution >= 4 is 50.9 Å². The van der Waals surface area contributed by atoms with Crippen LogP contribution in [0.15, 0.2) is 34.9 Å². The van der Waals surface area contributed by atoms with Gasteiger partial charge in [0.25, 0.3) is 0 Å². The number of thioether (sulfide) groups is 1. The predicted octanol–water partition coefficient (Wildman–Crippen LogP) is 3.61. The van der Waals surface area contributed by atoms with E-state index in [1.165, 1.54) is 17.7 Å². The lowest BCUT2D eigenvalue weighted by atomic mass is 10.1. The maximum atomic E-state index is 10.3. The number of thiazole rings is 1. The van der Waals surface area contributed by atoms with Gasteiger partial charge in [0.2, 0.25) is 0 Å². The number of hydrogen-bond acceptors (Lipinski definition) is 7. The van der Waals surface area contributed by atoms with Crippen molar-refractivity contribution in [2.75, 3.05) is 18.1 Å². The highest BCUT2D eigenvalue weighted by atomic mass is 35.5. The number of benzene rings is 1. The molecule has 2 heterocycles. The Kier molecular flexibility index (Phi) is 4.77. The molecule has 0 amide bonds. The molecule has 3 aromatic rings. The largest absolute Gasteiger partial charge is 0.387 e. The number of nitrogens with one attached hydrogen (secondary N) is 1. The lowest BCUT2D eigenvalue weighted by molar-refractivity contribution is 0.191. The van der Waals surface area contributed by atoms with Crippen molar-refractivity contribution in [3.63, 3.8) is 0 Å². The maximum absolute atomic E-state index is 10.3. The Hall–Kier alpha value is -1.41. The fourth-order valence-corrected chi connectivity index (χ4v) is 3.74. The zero-order valence-electron chi connectivity index (χ0n) is 11.7. The Morgan fingerprint density at radius 2 is 2.18 bits per heavy atom. The third kappa shape index (κ3) is 3.17. The highest BCUT2D eigenvalue weighted by Crippen LogP contribution is 2.31. The van der Waals surface area contributed by atoms with E-state index in [0.29, 0.717) is 28.6 Å². The molecule has 1 atom stereocenters. The molecule has 0 spiro atoms. The molecule has 0 aliphatic carbocycles. The molecule has 3 rings (SSSR count). The quantitative estimate of drug-likeness (QED) is 0.683. The number of hydrogen-bond donors (Lipinski definition) is 2. The molecule has 0 saturated heterocycles. The number of anilines is 1. The Morgan fingerprint density at radius 1 is 1.36 bits per heavy atom. The summed E-state index contributed by atoms with van der Waals surface area (Å²) < 4.78 is 1.82. The smallest absolute Gasteiger partial charge is 0.176 e. The first-order valence-corrected chi connectivity index (χ1v) is 8.93. The minimum Gasteiger partial charge on any atom is -0.387 e. The van der Waals surface area contributed by atoms with Gasteiger partial charge in [-0.15, -0.1) is 11.3 Å². The molecule has 0 bridgehead atoms. The van der Waals surface area contributed by atoms with Crippen molar-refractivity contribution in [2.24, 2.45) is 0 Å². The van der Waals surface area contributed by atoms with Crippen LogP contribution >= 0.6 is 34.7 Å². The van der Waals surface area contributed by atoms with Crippen LogP contribution in [0.2, 0.25) is 5.02 Å². The molecular formula is C14H13ClN4OS2. The van der Waals surface area contributed by atoms with E-state index in [-0.39, 0.29) is 0 Å². The lowest BCUT2D eigenvalue weighted by Crippen LogP contribution is -2.13. The Labute approximate surface area is 140 Å². The second-order valence-corrected chi connectivity index (χ2v) is 6.94. The van der Waals surface area contributed by atoms with Crippen LogP contribution in [0.5, 0.6) is 0 Å². The standard InChI is InChI=1S/C14H13ClN4OS2/c1-21-14-19-13-11(22-14)12(17-7-18-13)16-6-10(20)8-4-2-3-5-9(8)15/h2-5,7,10,20H,6H2,1H3,(H,16,17,18). The fourth-order valence-electron chi connectivity index (χ4n) is 2.00. The summed E-state index contributed by atoms with van der Waals surface area (Å²) in [5.41, 5.74) is 1.36. The summed E-state index contributed by atoms with van der Waals surface area (Å²) in [6, 6.07) is 7.25. The van der Waals surface area contributed by atoms with Crippen LogP contribution in [-0.2, 0) is 0 Å². The number of aromatic nitrogens is 3. The number of nitrogens with zero attached hydrogens (tertiary/aromatic N) is 3. The van der Waals surface area contributed by atoms with Gasteiger partial charge in [0.1, 0.15) is 16.8 Å². The van der Waals surface area contributed by atoms with Gasteiger partial charge in [-0.05, 0) is 12.3 Å². The second kappa shape index (κ2) is 6.78. The topological polar surface area (TPSA) is 70.9 Å². The molecule has 2 N–H and O–H groups in total. The molecule has 0 fully saturated rings. The first-order chi connectivity index (χ1) is 10.7. The van der Waals surface area contributed by atoms with Crippen LogP contribution in [0.4, 0.5) is 5.82 Å². The van der Waals surface area contributed by atoms with Gasteiger partial charge in [-0.3, -0.25) is 0 Å². The molecule has 0 aliphatic rings. The van der Waals surface area contributed by atoms with Crippen LogP contribution in [0, 0.1) is 0 Å². The van der Waals surface area contributed by atoms with E-state index in [2.05, 4.69) is 20.3 Å². The van der Waals surface area contributed by atoms with Crippen molar-refractivity contribution in [3.05, 3.63) is 41.2 Å². The molecule has 0 radical (unpaired) electrons. The van der Waals surface area contributed by atoms with Crippen LogP contribution in [-0.4, -0.2) is 32.9 Å². The first kappa shape index (κ1) is 15.5. The summed E-state index contributed by atoms with van der Waals surface area (Å²) in [6.45, 7) is 0.308. The molecule has 2 aromatic heterocycles. The third-order valence-electron chi connectivity index (χ3n) is 3.07. The maximum Gasteiger partial charge on any atom is 0.176 e. The van der Waals surface area contributed by atoms with Crippen LogP contribution in [0.3, 0.4) is 0 Å². The first-order valence-electron chi connectivity index (χ1n) is 6.51. The van der Waals surface area contributed by atoms with E-state index in [9.17, 15) is 5.11 Å². The fraction of sp³-hybridized carbons (Fsp3) is 0.214. The zero-order valence-corrected chi connectivity index (χ0v) is 14.0. The van der Waals surface area contributed by atoms with E-state index in [4.69, 9.17) is 11.6 Å². The van der Waals surface area contributed by atoms with E-state index < -0.39 is 6.10 Å². The minimum atomic E-state index is -0.716. The van der Waals surface area contributed by atoms with Crippen molar-refractivity contribution in [2.45, 2.75) is 10.4 Å². The number of rotatable bonds is 5. The molecule has 1 unspecified atom stereocenters. The molecule has 114 valence electrons. The van der Waals surface area contributed by atoms with Crippen LogP contribution < -0.4 is 5.32 Å². The van der Waals surface area contributed by atoms with Gasteiger partial charge < -0.3 is 10.4 Å². The normalized spacial score (nSPS) is 12.5. The Bertz CT molecular complexity index is 795. The minimum absolute atomic E-state index is 0.308. The predicted molar refractivity (Wildman–Crippen MR) is 91.9 cm³/mol. The van der Waals surface area contributed by atoms with Gasteiger partial charge in [-0.1, -0.05) is 41.6 Å². The van der Waals surface area contributed by atoms with Crippen molar-refractivity contribution in [1.82, 2.24) is 15.0 Å². The molecular weight excluding hydrogens is 340 g/mol. The van der Waals surface area contributed by atoms with Crippen LogP contribution in [0.25, 0.3) is 10.3 Å². The molecule has 22 heavy (non-hydrogen) atoms. The van der Waals surface area contributed by atoms with Gasteiger partial charge in [0.15, 0.2) is 9.99 Å². The Morgan fingerprint density at radius 3 is 2.95 bits per heavy atom. The van der Waals surface area contributed by atoms with E-state index in [1.54, 1.807) is 17.8 Å². The van der Waals surface area contributed by atoms with Gasteiger partial charge in [0.05, 0.1) is 6.10 Å². The monoisotopic (exact) mass is 352 g/mol. The summed E-state index contributed by atoms with van der Waals surface area (Å²) >= 11 is 9.20. The Balaban J connectivity index is 1.79. The lowest BCUT2D eigenvalue weighted by Gasteiger charge is -2.14. The molecule has 0 saturated carbocycles. The van der Waals surface area contributed by atoms with Crippen molar-refractivity contribution in [1.29, 1.82) is 0 Å². The van der Waals surface area contributed by atoms with Gasteiger partial charge in [0, 0.05) is 17.1 Å². The SMILES string of the molecule is CSc1nc2ncnc(NCC(O)c3ccccc3Cl)c2s1. The van der Waals surface area contributed by atoms with Crippen molar-refractivity contribution < 1.29 is 5.11 Å². The number of fused-ring (bicyclic) bond motifs is 1. The summed E-state index contributed by atoms with van der Waals surface area (Å²) in [4.78, 5) is 12.8. The molecule has 8 heteroatoms. The number of aliphatic hydroxyl groups excluding tert-OH is 1. The summed E-state index contributed by atoms with van der Waals surface area (Å²) in [7, 11) is 0. The van der Waals surface area contributed by atoms with Gasteiger partial charge >= 0.3 is 0 Å². The third-order valence-corrected chi connectivity index (χ3v) is 5.45. The summed E-state index contributed by atoms with van der Waals surface area (Å²) in [5, 5.41) is 14.0. The highest BCUT2D eigenvalue weighted by Gasteiger charge is 2.14. The zero-order chi connectivity index (χ0) is 15.5. The second-order valence-electron chi connectivity index (χ2n) is 4.48. The average molecular weight is 353 g/mol. The number of halogens is 1. The van der Waals surface area contributed by atoms with E-state index >= 15 is 0 Å². The highest BCUT2D eigenvalue weighted by molar-refractivity contribution is 8.00. The van der Waals surface area contributed by atoms with Gasteiger partial charge in [-0.25, -0.2) is 15.0 Å². The molecule has 0 aliphatic heterocycles. The summed E-state index contributed by atoms with van der Waals surface area (Å²) in [6.07, 6.45) is 2.72. The van der Waals surface area contributed by atoms with E-state index in [0.717, 1.165) is 9.04 Å². The van der Waals surface area contributed by atoms with Crippen molar-refractivity contribution in [3.8, 4) is 0 Å².